The Kier molecular flexibility index (Phi) is 4.95. The first-order valence-corrected chi connectivity index (χ1v) is 5.54. The molecular weight excluding hydrogens is 202 g/mol. The van der Waals surface area contributed by atoms with Crippen LogP contribution < -0.4 is 11.3 Å². The van der Waals surface area contributed by atoms with Crippen LogP contribution in [0.4, 0.5) is 0 Å². The number of carbonyl (C=O) groups excluding carboxylic acids is 1. The van der Waals surface area contributed by atoms with Crippen molar-refractivity contribution >= 4 is 5.91 Å². The van der Waals surface area contributed by atoms with E-state index in [1.807, 2.05) is 44.2 Å². The van der Waals surface area contributed by atoms with Crippen LogP contribution in [-0.2, 0) is 4.79 Å². The molecule has 0 aromatic heterocycles. The Morgan fingerprint density at radius 2 is 1.88 bits per heavy atom. The first-order valence-electron chi connectivity index (χ1n) is 5.54. The van der Waals surface area contributed by atoms with E-state index in [0.29, 0.717) is 0 Å². The lowest BCUT2D eigenvalue weighted by Crippen LogP contribution is -2.43. The molecule has 0 aliphatic heterocycles. The van der Waals surface area contributed by atoms with Gasteiger partial charge in [-0.3, -0.25) is 15.1 Å². The molecule has 1 atom stereocenters. The Balaban J connectivity index is 3.00. The molecule has 88 valence electrons. The molecule has 0 saturated carbocycles. The van der Waals surface area contributed by atoms with E-state index in [9.17, 15) is 4.79 Å². The second-order valence-electron chi connectivity index (χ2n) is 3.54. The van der Waals surface area contributed by atoms with Gasteiger partial charge in [0, 0.05) is 0 Å². The summed E-state index contributed by atoms with van der Waals surface area (Å²) in [4.78, 5) is 13.9. The van der Waals surface area contributed by atoms with E-state index in [-0.39, 0.29) is 11.9 Å². The Hall–Kier alpha value is -1.39. The van der Waals surface area contributed by atoms with Crippen LogP contribution in [0.25, 0.3) is 0 Å². The van der Waals surface area contributed by atoms with Crippen LogP contribution in [0.5, 0.6) is 0 Å². The molecule has 0 bridgehead atoms. The lowest BCUT2D eigenvalue weighted by Gasteiger charge is -2.28. The topological polar surface area (TPSA) is 58.4 Å². The van der Waals surface area contributed by atoms with E-state index in [2.05, 4.69) is 10.3 Å². The van der Waals surface area contributed by atoms with E-state index < -0.39 is 0 Å². The molecule has 1 aromatic carbocycles. The molecule has 0 fully saturated rings. The molecule has 0 saturated heterocycles. The Morgan fingerprint density at radius 1 is 1.31 bits per heavy atom. The quantitative estimate of drug-likeness (QED) is 0.444. The highest BCUT2D eigenvalue weighted by Crippen LogP contribution is 2.19. The maximum Gasteiger partial charge on any atom is 0.255 e. The summed E-state index contributed by atoms with van der Waals surface area (Å²) < 4.78 is 0. The van der Waals surface area contributed by atoms with Crippen LogP contribution in [0.3, 0.4) is 0 Å². The van der Waals surface area contributed by atoms with Crippen molar-refractivity contribution in [1.29, 1.82) is 0 Å². The van der Waals surface area contributed by atoms with Crippen molar-refractivity contribution in [2.75, 3.05) is 13.1 Å². The highest BCUT2D eigenvalue weighted by atomic mass is 16.2. The lowest BCUT2D eigenvalue weighted by molar-refractivity contribution is -0.126. The van der Waals surface area contributed by atoms with Crippen molar-refractivity contribution in [2.45, 2.75) is 19.9 Å². The van der Waals surface area contributed by atoms with E-state index >= 15 is 0 Å². The fourth-order valence-electron chi connectivity index (χ4n) is 1.83. The van der Waals surface area contributed by atoms with Crippen LogP contribution in [0.1, 0.15) is 25.5 Å². The number of likely N-dealkylation sites (N-methyl/N-ethyl adjacent to an activating group) is 1. The SMILES string of the molecule is CCN(CC)[C@@H](C(=O)NN)c1ccccc1. The van der Waals surface area contributed by atoms with E-state index in [4.69, 9.17) is 5.84 Å². The van der Waals surface area contributed by atoms with Gasteiger partial charge >= 0.3 is 0 Å². The van der Waals surface area contributed by atoms with Gasteiger partial charge in [0.1, 0.15) is 6.04 Å². The molecule has 1 amide bonds. The highest BCUT2D eigenvalue weighted by molar-refractivity contribution is 5.82. The third-order valence-electron chi connectivity index (χ3n) is 2.68. The largest absolute Gasteiger partial charge is 0.293 e. The summed E-state index contributed by atoms with van der Waals surface area (Å²) in [6.07, 6.45) is 0. The van der Waals surface area contributed by atoms with Gasteiger partial charge in [0.2, 0.25) is 0 Å². The normalized spacial score (nSPS) is 12.5. The monoisotopic (exact) mass is 221 g/mol. The van der Waals surface area contributed by atoms with Crippen LogP contribution in [-0.4, -0.2) is 23.9 Å². The smallest absolute Gasteiger partial charge is 0.255 e. The molecule has 0 aliphatic rings. The maximum absolute atomic E-state index is 11.8. The van der Waals surface area contributed by atoms with Crippen molar-refractivity contribution in [3.63, 3.8) is 0 Å². The molecule has 16 heavy (non-hydrogen) atoms. The predicted octanol–water partition coefficient (Wildman–Crippen LogP) is 1.06. The van der Waals surface area contributed by atoms with Gasteiger partial charge in [-0.15, -0.1) is 0 Å². The van der Waals surface area contributed by atoms with Gasteiger partial charge in [0.25, 0.3) is 5.91 Å². The number of rotatable bonds is 5. The van der Waals surface area contributed by atoms with Crippen LogP contribution in [0.2, 0.25) is 0 Å². The maximum atomic E-state index is 11.8. The zero-order chi connectivity index (χ0) is 12.0. The van der Waals surface area contributed by atoms with Crippen LogP contribution >= 0.6 is 0 Å². The number of hydrazine groups is 1. The minimum absolute atomic E-state index is 0.171. The highest BCUT2D eigenvalue weighted by Gasteiger charge is 2.24. The summed E-state index contributed by atoms with van der Waals surface area (Å²) >= 11 is 0. The Morgan fingerprint density at radius 3 is 2.31 bits per heavy atom. The van der Waals surface area contributed by atoms with Crippen molar-refractivity contribution in [3.8, 4) is 0 Å². The third-order valence-corrected chi connectivity index (χ3v) is 2.68. The van der Waals surface area contributed by atoms with Gasteiger partial charge < -0.3 is 0 Å². The van der Waals surface area contributed by atoms with Gasteiger partial charge in [-0.25, -0.2) is 5.84 Å². The summed E-state index contributed by atoms with van der Waals surface area (Å²) in [5.74, 6) is 5.06. The number of carbonyl (C=O) groups is 1. The minimum atomic E-state index is -0.304. The van der Waals surface area contributed by atoms with Gasteiger partial charge in [-0.2, -0.15) is 0 Å². The van der Waals surface area contributed by atoms with E-state index in [1.54, 1.807) is 0 Å². The first-order chi connectivity index (χ1) is 7.74. The molecule has 4 nitrogen and oxygen atoms in total. The molecule has 3 N–H and O–H groups in total. The molecule has 1 rings (SSSR count). The zero-order valence-electron chi connectivity index (χ0n) is 9.81. The number of nitrogens with zero attached hydrogens (tertiary/aromatic N) is 1. The Bertz CT molecular complexity index is 322. The average Bonchev–Trinajstić information content (AvgIpc) is 2.36. The fourth-order valence-corrected chi connectivity index (χ4v) is 1.83. The molecule has 0 aliphatic carbocycles. The third kappa shape index (κ3) is 2.81. The van der Waals surface area contributed by atoms with E-state index in [1.165, 1.54) is 0 Å². The van der Waals surface area contributed by atoms with Gasteiger partial charge in [-0.1, -0.05) is 44.2 Å². The number of nitrogens with two attached hydrogens (primary N) is 1. The summed E-state index contributed by atoms with van der Waals surface area (Å²) in [7, 11) is 0. The average molecular weight is 221 g/mol. The fraction of sp³-hybridized carbons (Fsp3) is 0.417. The molecular formula is C12H19N3O. The van der Waals surface area contributed by atoms with Gasteiger partial charge in [0.15, 0.2) is 0 Å². The molecule has 0 spiro atoms. The summed E-state index contributed by atoms with van der Waals surface area (Å²) in [6.45, 7) is 5.68. The zero-order valence-corrected chi connectivity index (χ0v) is 9.81. The number of hydrogen-bond acceptors (Lipinski definition) is 3. The standard InChI is InChI=1S/C12H19N3O/c1-3-15(4-2)11(12(16)14-13)10-8-6-5-7-9-10/h5-9,11H,3-4,13H2,1-2H3,(H,14,16)/t11-/m1/s1. The van der Waals surface area contributed by atoms with Crippen molar-refractivity contribution < 1.29 is 4.79 Å². The van der Waals surface area contributed by atoms with Crippen molar-refractivity contribution in [3.05, 3.63) is 35.9 Å². The van der Waals surface area contributed by atoms with Gasteiger partial charge in [0.05, 0.1) is 0 Å². The lowest BCUT2D eigenvalue weighted by atomic mass is 10.0. The molecule has 0 unspecified atom stereocenters. The van der Waals surface area contributed by atoms with Crippen molar-refractivity contribution in [2.24, 2.45) is 5.84 Å². The number of hydrogen-bond donors (Lipinski definition) is 2. The molecule has 4 heteroatoms. The van der Waals surface area contributed by atoms with Crippen molar-refractivity contribution in [1.82, 2.24) is 10.3 Å². The van der Waals surface area contributed by atoms with E-state index in [0.717, 1.165) is 18.7 Å². The number of benzene rings is 1. The predicted molar refractivity (Wildman–Crippen MR) is 64.4 cm³/mol. The second-order valence-corrected chi connectivity index (χ2v) is 3.54. The van der Waals surface area contributed by atoms with Crippen LogP contribution in [0, 0.1) is 0 Å². The Labute approximate surface area is 96.4 Å². The summed E-state index contributed by atoms with van der Waals surface area (Å²) in [6, 6.07) is 9.37. The number of amides is 1. The first kappa shape index (κ1) is 12.7. The summed E-state index contributed by atoms with van der Waals surface area (Å²) in [5, 5.41) is 0. The second kappa shape index (κ2) is 6.25. The molecule has 0 radical (unpaired) electrons. The van der Waals surface area contributed by atoms with Gasteiger partial charge in [-0.05, 0) is 18.7 Å². The summed E-state index contributed by atoms with van der Waals surface area (Å²) in [5.41, 5.74) is 3.20. The molecule has 0 heterocycles. The van der Waals surface area contributed by atoms with Crippen LogP contribution in [0.15, 0.2) is 30.3 Å². The minimum Gasteiger partial charge on any atom is -0.293 e. The molecule has 1 aromatic rings. The number of nitrogens with one attached hydrogen (secondary N) is 1.